The van der Waals surface area contributed by atoms with Crippen molar-refractivity contribution in [2.45, 2.75) is 38.1 Å². The lowest BCUT2D eigenvalue weighted by atomic mass is 9.91. The van der Waals surface area contributed by atoms with E-state index in [1.807, 2.05) is 11.9 Å². The van der Waals surface area contributed by atoms with Gasteiger partial charge in [-0.15, -0.1) is 12.4 Å². The summed E-state index contributed by atoms with van der Waals surface area (Å²) < 4.78 is 0. The van der Waals surface area contributed by atoms with Gasteiger partial charge in [-0.1, -0.05) is 0 Å². The molecule has 0 bridgehead atoms. The highest BCUT2D eigenvalue weighted by atomic mass is 35.5. The van der Waals surface area contributed by atoms with Crippen LogP contribution in [0.1, 0.15) is 32.1 Å². The first-order valence-corrected chi connectivity index (χ1v) is 6.20. The maximum atomic E-state index is 12.2. The normalized spacial score (nSPS) is 30.7. The number of piperidine rings is 1. The van der Waals surface area contributed by atoms with Crippen LogP contribution in [0.4, 0.5) is 0 Å². The third-order valence-corrected chi connectivity index (χ3v) is 4.53. The first-order valence-electron chi connectivity index (χ1n) is 6.20. The molecule has 1 aliphatic heterocycles. The molecule has 0 aromatic carbocycles. The minimum absolute atomic E-state index is 0. The topological polar surface area (TPSA) is 32.3 Å². The van der Waals surface area contributed by atoms with Gasteiger partial charge in [-0.05, 0) is 50.6 Å². The van der Waals surface area contributed by atoms with Crippen LogP contribution in [0.3, 0.4) is 0 Å². The van der Waals surface area contributed by atoms with E-state index in [2.05, 4.69) is 5.32 Å². The predicted molar refractivity (Wildman–Crippen MR) is 65.7 cm³/mol. The molecule has 1 amide bonds. The highest BCUT2D eigenvalue weighted by Gasteiger charge is 2.58. The molecule has 3 rings (SSSR count). The zero-order valence-corrected chi connectivity index (χ0v) is 10.7. The zero-order chi connectivity index (χ0) is 10.5. The molecule has 16 heavy (non-hydrogen) atoms. The first-order chi connectivity index (χ1) is 7.23. The lowest BCUT2D eigenvalue weighted by molar-refractivity contribution is -0.132. The quantitative estimate of drug-likeness (QED) is 0.797. The Morgan fingerprint density at radius 2 is 1.94 bits per heavy atom. The lowest BCUT2D eigenvalue weighted by Crippen LogP contribution is -2.35. The number of nitrogens with one attached hydrogen (secondary N) is 1. The van der Waals surface area contributed by atoms with Crippen molar-refractivity contribution in [2.24, 2.45) is 11.3 Å². The Hall–Kier alpha value is -0.280. The second kappa shape index (κ2) is 4.19. The third kappa shape index (κ3) is 1.95. The van der Waals surface area contributed by atoms with Crippen LogP contribution in [0.25, 0.3) is 0 Å². The van der Waals surface area contributed by atoms with Crippen molar-refractivity contribution in [3.05, 3.63) is 0 Å². The molecule has 1 heterocycles. The van der Waals surface area contributed by atoms with E-state index in [0.717, 1.165) is 19.5 Å². The van der Waals surface area contributed by atoms with Crippen LogP contribution in [-0.2, 0) is 4.79 Å². The van der Waals surface area contributed by atoms with Crippen molar-refractivity contribution in [1.82, 2.24) is 10.2 Å². The molecule has 3 fully saturated rings. The summed E-state index contributed by atoms with van der Waals surface area (Å²) in [5, 5.41) is 3.38. The zero-order valence-electron chi connectivity index (χ0n) is 9.87. The van der Waals surface area contributed by atoms with Crippen molar-refractivity contribution < 1.29 is 4.79 Å². The maximum Gasteiger partial charge on any atom is 0.226 e. The number of nitrogens with zero attached hydrogens (tertiary/aromatic N) is 1. The summed E-state index contributed by atoms with van der Waals surface area (Å²) in [6.45, 7) is 2.22. The van der Waals surface area contributed by atoms with E-state index in [1.165, 1.54) is 25.7 Å². The van der Waals surface area contributed by atoms with Gasteiger partial charge in [-0.3, -0.25) is 4.79 Å². The van der Waals surface area contributed by atoms with Gasteiger partial charge in [-0.2, -0.15) is 0 Å². The Bertz CT molecular complexity index is 285. The fourth-order valence-electron chi connectivity index (χ4n) is 3.06. The second-order valence-corrected chi connectivity index (χ2v) is 5.55. The molecule has 92 valence electrons. The number of halogens is 1. The SMILES string of the molecule is CN(C(=O)C1CC12CCNCC2)C1CC1.Cl. The molecule has 0 aromatic rings. The summed E-state index contributed by atoms with van der Waals surface area (Å²) in [7, 11) is 1.99. The average molecular weight is 245 g/mol. The molecular formula is C12H21ClN2O. The summed E-state index contributed by atoms with van der Waals surface area (Å²) in [6.07, 6.45) is 6.03. The van der Waals surface area contributed by atoms with Crippen molar-refractivity contribution in [2.75, 3.05) is 20.1 Å². The van der Waals surface area contributed by atoms with E-state index in [1.54, 1.807) is 0 Å². The Kier molecular flexibility index (Phi) is 3.19. The molecule has 1 N–H and O–H groups in total. The summed E-state index contributed by atoms with van der Waals surface area (Å²) in [5.74, 6) is 0.796. The summed E-state index contributed by atoms with van der Waals surface area (Å²) in [4.78, 5) is 14.2. The fourth-order valence-corrected chi connectivity index (χ4v) is 3.06. The molecule has 0 radical (unpaired) electrons. The van der Waals surface area contributed by atoms with Crippen LogP contribution < -0.4 is 5.32 Å². The van der Waals surface area contributed by atoms with Crippen molar-refractivity contribution in [1.29, 1.82) is 0 Å². The number of amides is 1. The Morgan fingerprint density at radius 1 is 1.31 bits per heavy atom. The summed E-state index contributed by atoms with van der Waals surface area (Å²) in [6, 6.07) is 0.580. The molecule has 3 aliphatic rings. The fraction of sp³-hybridized carbons (Fsp3) is 0.917. The number of hydrogen-bond donors (Lipinski definition) is 1. The second-order valence-electron chi connectivity index (χ2n) is 5.55. The molecular weight excluding hydrogens is 224 g/mol. The van der Waals surface area contributed by atoms with Gasteiger partial charge in [-0.25, -0.2) is 0 Å². The minimum atomic E-state index is 0. The number of rotatable bonds is 2. The Balaban J connectivity index is 0.000000963. The van der Waals surface area contributed by atoms with Gasteiger partial charge in [0.05, 0.1) is 0 Å². The standard InChI is InChI=1S/C12H20N2O.ClH/c1-14(9-2-3-9)11(15)10-8-12(10)4-6-13-7-5-12;/h9-10,13H,2-8H2,1H3;1H. The largest absolute Gasteiger partial charge is 0.343 e. The molecule has 2 aliphatic carbocycles. The number of hydrogen-bond acceptors (Lipinski definition) is 2. The molecule has 1 unspecified atom stereocenters. The van der Waals surface area contributed by atoms with Gasteiger partial charge in [0.15, 0.2) is 0 Å². The van der Waals surface area contributed by atoms with E-state index in [4.69, 9.17) is 0 Å². The van der Waals surface area contributed by atoms with Gasteiger partial charge in [0.2, 0.25) is 5.91 Å². The summed E-state index contributed by atoms with van der Waals surface area (Å²) in [5.41, 5.74) is 0.408. The van der Waals surface area contributed by atoms with E-state index in [9.17, 15) is 4.79 Å². The number of carbonyl (C=O) groups is 1. The van der Waals surface area contributed by atoms with Crippen LogP contribution in [0.15, 0.2) is 0 Å². The minimum Gasteiger partial charge on any atom is -0.343 e. The Labute approximate surface area is 103 Å². The van der Waals surface area contributed by atoms with Crippen molar-refractivity contribution in [3.8, 4) is 0 Å². The third-order valence-electron chi connectivity index (χ3n) is 4.53. The smallest absolute Gasteiger partial charge is 0.226 e. The average Bonchev–Trinajstić information content (AvgIpc) is 3.13. The molecule has 1 atom stereocenters. The Morgan fingerprint density at radius 3 is 2.50 bits per heavy atom. The summed E-state index contributed by atoms with van der Waals surface area (Å²) >= 11 is 0. The molecule has 2 saturated carbocycles. The molecule has 4 heteroatoms. The molecule has 3 nitrogen and oxygen atoms in total. The number of carbonyl (C=O) groups excluding carboxylic acids is 1. The van der Waals surface area contributed by atoms with Crippen molar-refractivity contribution in [3.63, 3.8) is 0 Å². The molecule has 1 saturated heterocycles. The predicted octanol–water partition coefficient (Wildman–Crippen LogP) is 1.42. The van der Waals surface area contributed by atoms with Crippen LogP contribution in [0.5, 0.6) is 0 Å². The van der Waals surface area contributed by atoms with Gasteiger partial charge in [0.1, 0.15) is 0 Å². The van der Waals surface area contributed by atoms with Gasteiger partial charge in [0, 0.05) is 19.0 Å². The van der Waals surface area contributed by atoms with Crippen LogP contribution in [0, 0.1) is 11.3 Å². The highest BCUT2D eigenvalue weighted by molar-refractivity contribution is 5.85. The van der Waals surface area contributed by atoms with E-state index >= 15 is 0 Å². The monoisotopic (exact) mass is 244 g/mol. The van der Waals surface area contributed by atoms with Crippen LogP contribution in [-0.4, -0.2) is 37.0 Å². The van der Waals surface area contributed by atoms with E-state index in [0.29, 0.717) is 23.3 Å². The molecule has 1 spiro atoms. The van der Waals surface area contributed by atoms with Crippen LogP contribution in [0.2, 0.25) is 0 Å². The highest BCUT2D eigenvalue weighted by Crippen LogP contribution is 2.59. The lowest BCUT2D eigenvalue weighted by Gasteiger charge is -2.25. The van der Waals surface area contributed by atoms with Gasteiger partial charge >= 0.3 is 0 Å². The van der Waals surface area contributed by atoms with Gasteiger partial charge < -0.3 is 10.2 Å². The van der Waals surface area contributed by atoms with Crippen molar-refractivity contribution >= 4 is 18.3 Å². The van der Waals surface area contributed by atoms with E-state index in [-0.39, 0.29) is 12.4 Å². The van der Waals surface area contributed by atoms with Gasteiger partial charge in [0.25, 0.3) is 0 Å². The first kappa shape index (κ1) is 12.2. The van der Waals surface area contributed by atoms with E-state index < -0.39 is 0 Å². The molecule has 0 aromatic heterocycles. The van der Waals surface area contributed by atoms with Crippen LogP contribution >= 0.6 is 12.4 Å². The maximum absolute atomic E-state index is 12.2.